The third kappa shape index (κ3) is 2.13. The molecule has 90 valence electrons. The molecule has 17 heavy (non-hydrogen) atoms. The predicted molar refractivity (Wildman–Crippen MR) is 65.3 cm³/mol. The van der Waals surface area contributed by atoms with Gasteiger partial charge in [0.25, 0.3) is 0 Å². The summed E-state index contributed by atoms with van der Waals surface area (Å²) in [4.78, 5) is 4.47. The fourth-order valence-electron chi connectivity index (χ4n) is 2.34. The van der Waals surface area contributed by atoms with E-state index in [0.29, 0.717) is 12.6 Å². The van der Waals surface area contributed by atoms with Crippen molar-refractivity contribution in [1.82, 2.24) is 5.32 Å². The second-order valence-electron chi connectivity index (χ2n) is 4.53. The highest BCUT2D eigenvalue weighted by Crippen LogP contribution is 2.26. The highest BCUT2D eigenvalue weighted by Gasteiger charge is 2.29. The number of phenolic OH excluding ortho intramolecular Hbond substituents is 1. The Bertz CT molecular complexity index is 422. The summed E-state index contributed by atoms with van der Waals surface area (Å²) in [5.74, 6) is 1.13. The van der Waals surface area contributed by atoms with Crippen LogP contribution in [0.25, 0.3) is 0 Å². The summed E-state index contributed by atoms with van der Waals surface area (Å²) in [7, 11) is 0. The lowest BCUT2D eigenvalue weighted by Gasteiger charge is -2.15. The summed E-state index contributed by atoms with van der Waals surface area (Å²) in [6, 6.07) is 7.45. The molecule has 1 fully saturated rings. The molecular weight excluding hydrogens is 216 g/mol. The van der Waals surface area contributed by atoms with Crippen molar-refractivity contribution in [1.29, 1.82) is 0 Å². The fraction of sp³-hybridized carbons (Fsp3) is 0.462. The van der Waals surface area contributed by atoms with E-state index in [-0.39, 0.29) is 11.9 Å². The van der Waals surface area contributed by atoms with Gasteiger partial charge in [-0.2, -0.15) is 0 Å². The number of hydrogen-bond acceptors (Lipinski definition) is 4. The monoisotopic (exact) mass is 232 g/mol. The van der Waals surface area contributed by atoms with E-state index in [1.807, 2.05) is 12.1 Å². The van der Waals surface area contributed by atoms with E-state index in [0.717, 1.165) is 24.4 Å². The second-order valence-corrected chi connectivity index (χ2v) is 4.53. The Morgan fingerprint density at radius 3 is 2.82 bits per heavy atom. The molecule has 0 saturated carbocycles. The van der Waals surface area contributed by atoms with Crippen LogP contribution < -0.4 is 5.32 Å². The topological polar surface area (TPSA) is 53.9 Å². The van der Waals surface area contributed by atoms with Crippen molar-refractivity contribution in [3.63, 3.8) is 0 Å². The summed E-state index contributed by atoms with van der Waals surface area (Å²) in [6.45, 7) is 1.73. The van der Waals surface area contributed by atoms with E-state index in [1.165, 1.54) is 6.42 Å². The minimum atomic E-state index is 0.00741. The maximum atomic E-state index is 9.24. The number of nitrogens with zero attached hydrogens (tertiary/aromatic N) is 1. The van der Waals surface area contributed by atoms with E-state index in [2.05, 4.69) is 10.3 Å². The van der Waals surface area contributed by atoms with Crippen LogP contribution in [0.4, 0.5) is 0 Å². The normalized spacial score (nSPS) is 27.9. The molecule has 2 heterocycles. The number of benzene rings is 1. The summed E-state index contributed by atoms with van der Waals surface area (Å²) in [6.07, 6.45) is 2.31. The van der Waals surface area contributed by atoms with Gasteiger partial charge in [0.2, 0.25) is 5.90 Å². The van der Waals surface area contributed by atoms with Crippen LogP contribution in [0.15, 0.2) is 29.3 Å². The van der Waals surface area contributed by atoms with Gasteiger partial charge in [0, 0.05) is 0 Å². The number of ether oxygens (including phenoxy) is 1. The minimum Gasteiger partial charge on any atom is -0.508 e. The van der Waals surface area contributed by atoms with Gasteiger partial charge in [-0.05, 0) is 37.1 Å². The molecule has 0 radical (unpaired) electrons. The first-order valence-corrected chi connectivity index (χ1v) is 6.06. The summed E-state index contributed by atoms with van der Waals surface area (Å²) >= 11 is 0. The molecule has 1 aromatic rings. The molecule has 0 amide bonds. The summed E-state index contributed by atoms with van der Waals surface area (Å²) < 4.78 is 5.88. The summed E-state index contributed by atoms with van der Waals surface area (Å²) in [5.41, 5.74) is 1.07. The molecule has 4 heteroatoms. The molecule has 4 nitrogen and oxygen atoms in total. The van der Waals surface area contributed by atoms with Crippen molar-refractivity contribution in [2.45, 2.75) is 25.0 Å². The van der Waals surface area contributed by atoms with Crippen LogP contribution in [0, 0.1) is 0 Å². The molecule has 2 aliphatic heterocycles. The maximum absolute atomic E-state index is 9.24. The minimum absolute atomic E-state index is 0.00741. The number of aromatic hydroxyl groups is 1. The van der Waals surface area contributed by atoms with E-state index in [9.17, 15) is 5.11 Å². The molecule has 1 saturated heterocycles. The number of phenols is 1. The zero-order chi connectivity index (χ0) is 11.7. The Hall–Kier alpha value is -1.55. The lowest BCUT2D eigenvalue weighted by atomic mass is 10.1. The van der Waals surface area contributed by atoms with Crippen molar-refractivity contribution in [3.8, 4) is 5.75 Å². The molecule has 0 aromatic heterocycles. The van der Waals surface area contributed by atoms with Crippen molar-refractivity contribution in [2.24, 2.45) is 4.99 Å². The van der Waals surface area contributed by atoms with Crippen LogP contribution in [0.5, 0.6) is 5.75 Å². The largest absolute Gasteiger partial charge is 0.508 e. The Balaban J connectivity index is 1.67. The van der Waals surface area contributed by atoms with E-state index in [1.54, 1.807) is 12.1 Å². The highest BCUT2D eigenvalue weighted by molar-refractivity contribution is 5.83. The molecule has 3 rings (SSSR count). The average molecular weight is 232 g/mol. The molecule has 2 unspecified atom stereocenters. The first-order chi connectivity index (χ1) is 8.33. The predicted octanol–water partition coefficient (Wildman–Crippen LogP) is 1.61. The van der Waals surface area contributed by atoms with Gasteiger partial charge in [-0.1, -0.05) is 12.1 Å². The first-order valence-electron chi connectivity index (χ1n) is 6.06. The van der Waals surface area contributed by atoms with Gasteiger partial charge in [0.15, 0.2) is 0 Å². The van der Waals surface area contributed by atoms with Crippen molar-refractivity contribution in [2.75, 3.05) is 13.1 Å². The Morgan fingerprint density at radius 1 is 1.29 bits per heavy atom. The van der Waals surface area contributed by atoms with Crippen LogP contribution in [0.3, 0.4) is 0 Å². The fourth-order valence-corrected chi connectivity index (χ4v) is 2.34. The average Bonchev–Trinajstić information content (AvgIpc) is 3.00. The van der Waals surface area contributed by atoms with E-state index in [4.69, 9.17) is 4.74 Å². The molecule has 0 spiro atoms. The number of nitrogens with one attached hydrogen (secondary N) is 1. The molecule has 0 bridgehead atoms. The van der Waals surface area contributed by atoms with Crippen molar-refractivity contribution in [3.05, 3.63) is 29.8 Å². The smallest absolute Gasteiger partial charge is 0.201 e. The molecule has 0 aliphatic carbocycles. The van der Waals surface area contributed by atoms with Crippen LogP contribution in [0.1, 0.15) is 24.5 Å². The van der Waals surface area contributed by atoms with Crippen LogP contribution >= 0.6 is 0 Å². The van der Waals surface area contributed by atoms with Gasteiger partial charge in [-0.25, -0.2) is 4.99 Å². The number of aliphatic imine (C=N–C) groups is 1. The first kappa shape index (κ1) is 10.6. The van der Waals surface area contributed by atoms with Gasteiger partial charge in [-0.3, -0.25) is 0 Å². The van der Waals surface area contributed by atoms with Crippen LogP contribution in [0.2, 0.25) is 0 Å². The molecular formula is C13H16N2O2. The van der Waals surface area contributed by atoms with E-state index < -0.39 is 0 Å². The molecule has 2 aliphatic rings. The van der Waals surface area contributed by atoms with Gasteiger partial charge >= 0.3 is 0 Å². The number of hydrogen-bond donors (Lipinski definition) is 2. The maximum Gasteiger partial charge on any atom is 0.201 e. The summed E-state index contributed by atoms with van der Waals surface area (Å²) in [5, 5.41) is 12.6. The number of rotatable bonds is 2. The third-order valence-corrected chi connectivity index (χ3v) is 3.30. The molecule has 2 N–H and O–H groups in total. The van der Waals surface area contributed by atoms with Gasteiger partial charge in [-0.15, -0.1) is 0 Å². The van der Waals surface area contributed by atoms with Crippen LogP contribution in [-0.2, 0) is 4.74 Å². The van der Waals surface area contributed by atoms with E-state index >= 15 is 0 Å². The van der Waals surface area contributed by atoms with Gasteiger partial charge in [0.1, 0.15) is 11.9 Å². The third-order valence-electron chi connectivity index (χ3n) is 3.30. The Morgan fingerprint density at radius 2 is 2.12 bits per heavy atom. The Kier molecular flexibility index (Phi) is 2.73. The van der Waals surface area contributed by atoms with Crippen molar-refractivity contribution < 1.29 is 9.84 Å². The molecule has 2 atom stereocenters. The van der Waals surface area contributed by atoms with Gasteiger partial charge < -0.3 is 15.2 Å². The SMILES string of the molecule is Oc1ccc(C2CN=C(C3CCCN3)O2)cc1. The van der Waals surface area contributed by atoms with Gasteiger partial charge in [0.05, 0.1) is 12.6 Å². The molecule has 1 aromatic carbocycles. The zero-order valence-corrected chi connectivity index (χ0v) is 9.60. The quantitative estimate of drug-likeness (QED) is 0.814. The zero-order valence-electron chi connectivity index (χ0n) is 9.60. The highest BCUT2D eigenvalue weighted by atomic mass is 16.5. The van der Waals surface area contributed by atoms with Crippen molar-refractivity contribution >= 4 is 5.90 Å². The Labute approximate surface area is 100 Å². The van der Waals surface area contributed by atoms with Crippen LogP contribution in [-0.4, -0.2) is 30.1 Å². The lowest BCUT2D eigenvalue weighted by molar-refractivity contribution is 0.219. The second kappa shape index (κ2) is 4.37. The standard InChI is InChI=1S/C13H16N2O2/c16-10-5-3-9(4-6-10)12-8-15-13(17-12)11-2-1-7-14-11/h3-6,11-12,14,16H,1-2,7-8H2. The lowest BCUT2D eigenvalue weighted by Crippen LogP contribution is -2.31.